The van der Waals surface area contributed by atoms with Crippen molar-refractivity contribution in [2.75, 3.05) is 0 Å². The van der Waals surface area contributed by atoms with E-state index in [9.17, 15) is 27.9 Å². The van der Waals surface area contributed by atoms with Crippen LogP contribution in [0, 0.1) is 48.3 Å². The molecule has 0 spiro atoms. The molecule has 1 N–H and O–H groups in total. The predicted octanol–water partition coefficient (Wildman–Crippen LogP) is 7.89. The van der Waals surface area contributed by atoms with E-state index in [-0.39, 0.29) is 46.6 Å². The molecule has 224 valence electrons. The highest BCUT2D eigenvalue weighted by molar-refractivity contribution is 6.33. The lowest BCUT2D eigenvalue weighted by Gasteiger charge is -2.34. The number of pyridine rings is 1. The molecule has 3 fully saturated rings. The molecule has 0 amide bonds. The van der Waals surface area contributed by atoms with E-state index in [1.807, 2.05) is 0 Å². The molecule has 3 aliphatic rings. The summed E-state index contributed by atoms with van der Waals surface area (Å²) in [5, 5.41) is 13.9. The quantitative estimate of drug-likeness (QED) is 0.248. The summed E-state index contributed by atoms with van der Waals surface area (Å²) in [6, 6.07) is 1.28. The maximum Gasteiger partial charge on any atom is 0.433 e. The molecule has 0 bridgehead atoms. The summed E-state index contributed by atoms with van der Waals surface area (Å²) in [5.41, 5.74) is 0.418. The lowest BCUT2D eigenvalue weighted by atomic mass is 9.74. The summed E-state index contributed by atoms with van der Waals surface area (Å²) in [7, 11) is 0. The minimum Gasteiger partial charge on any atom is -0.481 e. The molecule has 0 aromatic carbocycles. The van der Waals surface area contributed by atoms with Gasteiger partial charge in [-0.15, -0.1) is 0 Å². The van der Waals surface area contributed by atoms with Crippen LogP contribution in [0.5, 0.6) is 0 Å². The lowest BCUT2D eigenvalue weighted by Crippen LogP contribution is -2.34. The Labute approximate surface area is 244 Å². The minimum absolute atomic E-state index is 0.0959. The highest BCUT2D eigenvalue weighted by atomic mass is 35.5. The molecule has 1 unspecified atom stereocenters. The Balaban J connectivity index is 1.43. The van der Waals surface area contributed by atoms with E-state index in [2.05, 4.69) is 23.9 Å². The zero-order valence-corrected chi connectivity index (χ0v) is 25.1. The molecule has 4 atom stereocenters. The number of carboxylic acid groups (broad SMARTS) is 1. The molecular weight excluding hydrogens is 555 g/mol. The van der Waals surface area contributed by atoms with Gasteiger partial charge in [0.15, 0.2) is 5.78 Å². The van der Waals surface area contributed by atoms with Crippen LogP contribution in [0.2, 0.25) is 5.15 Å². The van der Waals surface area contributed by atoms with E-state index in [1.165, 1.54) is 6.20 Å². The van der Waals surface area contributed by atoms with Crippen molar-refractivity contribution < 1.29 is 27.9 Å². The number of rotatable bonds is 8. The van der Waals surface area contributed by atoms with Crippen molar-refractivity contribution in [3.8, 4) is 0 Å². The Kier molecular flexibility index (Phi) is 7.61. The van der Waals surface area contributed by atoms with Crippen LogP contribution in [0.1, 0.15) is 105 Å². The molecule has 2 heterocycles. The summed E-state index contributed by atoms with van der Waals surface area (Å²) >= 11 is 6.38. The van der Waals surface area contributed by atoms with Crippen molar-refractivity contribution in [3.63, 3.8) is 0 Å². The van der Waals surface area contributed by atoms with Crippen LogP contribution in [0.15, 0.2) is 12.3 Å². The van der Waals surface area contributed by atoms with Gasteiger partial charge in [0.05, 0.1) is 23.2 Å². The summed E-state index contributed by atoms with van der Waals surface area (Å²) in [4.78, 5) is 29.5. The average molecular weight is 594 g/mol. The summed E-state index contributed by atoms with van der Waals surface area (Å²) in [6.45, 7) is 9.74. The van der Waals surface area contributed by atoms with Crippen LogP contribution in [0.25, 0.3) is 0 Å². The van der Waals surface area contributed by atoms with Gasteiger partial charge in [-0.1, -0.05) is 25.4 Å². The number of carbonyl (C=O) groups is 2. The molecule has 10 heteroatoms. The number of carboxylic acids is 1. The van der Waals surface area contributed by atoms with Crippen LogP contribution >= 0.6 is 11.6 Å². The number of ketones is 1. The van der Waals surface area contributed by atoms with Crippen molar-refractivity contribution in [1.29, 1.82) is 0 Å². The minimum atomic E-state index is -4.63. The number of fused-ring (bicyclic) bond motifs is 1. The molecule has 3 saturated carbocycles. The number of hydrogen-bond donors (Lipinski definition) is 1. The number of Topliss-reactive ketones (excluding diaryl/α,β-unsaturated/α-hetero) is 1. The van der Waals surface area contributed by atoms with E-state index < -0.39 is 29.3 Å². The first-order valence-electron chi connectivity index (χ1n) is 14.6. The third kappa shape index (κ3) is 5.55. The monoisotopic (exact) mass is 593 g/mol. The fraction of sp³-hybridized carbons (Fsp3) is 0.677. The molecule has 5 rings (SSSR count). The van der Waals surface area contributed by atoms with Crippen molar-refractivity contribution in [3.05, 3.63) is 45.5 Å². The van der Waals surface area contributed by atoms with Gasteiger partial charge in [0, 0.05) is 17.7 Å². The van der Waals surface area contributed by atoms with E-state index >= 15 is 0 Å². The van der Waals surface area contributed by atoms with Gasteiger partial charge in [-0.05, 0) is 106 Å². The van der Waals surface area contributed by atoms with E-state index in [4.69, 9.17) is 11.6 Å². The molecule has 3 aliphatic carbocycles. The normalized spacial score (nSPS) is 29.7. The van der Waals surface area contributed by atoms with Crippen LogP contribution < -0.4 is 0 Å². The van der Waals surface area contributed by atoms with E-state index in [0.29, 0.717) is 48.8 Å². The topological polar surface area (TPSA) is 85.1 Å². The first-order chi connectivity index (χ1) is 19.0. The molecule has 6 nitrogen and oxygen atoms in total. The second-order valence-electron chi connectivity index (χ2n) is 13.7. The zero-order chi connectivity index (χ0) is 30.1. The van der Waals surface area contributed by atoms with Gasteiger partial charge in [-0.3, -0.25) is 14.3 Å². The van der Waals surface area contributed by atoms with Gasteiger partial charge in [0.25, 0.3) is 0 Å². The van der Waals surface area contributed by atoms with Crippen LogP contribution in [-0.2, 0) is 17.4 Å². The maximum absolute atomic E-state index is 14.6. The SMILES string of the molecule is Cc1cc(C)c(C(=O)CC(Cc2cnn([C@H]3CC[C@](C)(C(=O)O)CC3)c2C(F)(F)F)[C@H]2C[C@@H]3[C@H](C2)C3(C)C)c(Cl)n1. The Bertz CT molecular complexity index is 1320. The van der Waals surface area contributed by atoms with Gasteiger partial charge in [-0.2, -0.15) is 18.3 Å². The van der Waals surface area contributed by atoms with E-state index in [1.54, 1.807) is 26.8 Å². The third-order valence-electron chi connectivity index (χ3n) is 10.6. The smallest absolute Gasteiger partial charge is 0.433 e. The molecular formula is C31H39ClF3N3O3. The summed E-state index contributed by atoms with van der Waals surface area (Å²) in [6.07, 6.45) is -0.0998. The van der Waals surface area contributed by atoms with E-state index in [0.717, 1.165) is 23.1 Å². The Hall–Kier alpha value is -2.42. The highest BCUT2D eigenvalue weighted by Crippen LogP contribution is 2.69. The predicted molar refractivity (Wildman–Crippen MR) is 149 cm³/mol. The molecule has 0 radical (unpaired) electrons. The van der Waals surface area contributed by atoms with Gasteiger partial charge >= 0.3 is 12.1 Å². The molecule has 41 heavy (non-hydrogen) atoms. The second-order valence-corrected chi connectivity index (χ2v) is 14.0. The summed E-state index contributed by atoms with van der Waals surface area (Å²) < 4.78 is 44.9. The highest BCUT2D eigenvalue weighted by Gasteiger charge is 2.62. The standard InChI is InChI=1S/C31H39ClF3N3O3/c1-16-10-17(2)37-27(32)25(16)24(39)14-18(19-12-22-23(13-19)29(22,3)4)11-20-15-36-38(26(20)31(33,34)35)21-6-8-30(5,9-7-21)28(40)41/h10,15,18-19,21-23H,6-9,11-14H2,1-5H3,(H,40,41)/t18?,19-,21-,22+,23-,30-. The Morgan fingerprint density at radius 1 is 1.15 bits per heavy atom. The van der Waals surface area contributed by atoms with Crippen molar-refractivity contribution >= 4 is 23.4 Å². The number of hydrogen-bond acceptors (Lipinski definition) is 4. The first kappa shape index (κ1) is 30.1. The van der Waals surface area contributed by atoms with Crippen LogP contribution in [0.4, 0.5) is 13.2 Å². The van der Waals surface area contributed by atoms with Gasteiger partial charge in [-0.25, -0.2) is 4.98 Å². The average Bonchev–Trinajstić information content (AvgIpc) is 3.25. The number of alkyl halides is 3. The van der Waals surface area contributed by atoms with Gasteiger partial charge in [0.1, 0.15) is 10.8 Å². The van der Waals surface area contributed by atoms with Gasteiger partial charge in [0.2, 0.25) is 0 Å². The van der Waals surface area contributed by atoms with Crippen molar-refractivity contribution in [1.82, 2.24) is 14.8 Å². The van der Waals surface area contributed by atoms with Crippen LogP contribution in [0.3, 0.4) is 0 Å². The Morgan fingerprint density at radius 3 is 2.29 bits per heavy atom. The van der Waals surface area contributed by atoms with Crippen molar-refractivity contribution in [2.24, 2.45) is 34.5 Å². The summed E-state index contributed by atoms with van der Waals surface area (Å²) in [5.74, 6) is -0.194. The Morgan fingerprint density at radius 2 is 1.76 bits per heavy atom. The third-order valence-corrected chi connectivity index (χ3v) is 10.9. The number of carbonyl (C=O) groups excluding carboxylic acids is 1. The molecule has 0 aliphatic heterocycles. The zero-order valence-electron chi connectivity index (χ0n) is 24.3. The van der Waals surface area contributed by atoms with Crippen LogP contribution in [-0.4, -0.2) is 31.6 Å². The number of aryl methyl sites for hydroxylation is 2. The fourth-order valence-electron chi connectivity index (χ4n) is 7.92. The number of halogens is 4. The molecule has 2 aromatic heterocycles. The maximum atomic E-state index is 14.6. The first-order valence-corrected chi connectivity index (χ1v) is 14.9. The largest absolute Gasteiger partial charge is 0.481 e. The number of aromatic nitrogens is 3. The van der Waals surface area contributed by atoms with Crippen molar-refractivity contribution in [2.45, 2.75) is 98.2 Å². The molecule has 0 saturated heterocycles. The second kappa shape index (κ2) is 10.4. The number of nitrogens with zero attached hydrogens (tertiary/aromatic N) is 3. The fourth-order valence-corrected chi connectivity index (χ4v) is 8.30. The molecule has 2 aromatic rings. The van der Waals surface area contributed by atoms with Gasteiger partial charge < -0.3 is 5.11 Å². The lowest BCUT2D eigenvalue weighted by molar-refractivity contribution is -0.152. The number of aliphatic carboxylic acids is 1.